The summed E-state index contributed by atoms with van der Waals surface area (Å²) in [6.45, 7) is 0.956. The molecule has 0 atom stereocenters. The van der Waals surface area contributed by atoms with Crippen molar-refractivity contribution in [1.82, 2.24) is 4.98 Å². The average Bonchev–Trinajstić information content (AvgIpc) is 2.94. The molecule has 1 aromatic carbocycles. The van der Waals surface area contributed by atoms with Gasteiger partial charge in [0.2, 0.25) is 0 Å². The van der Waals surface area contributed by atoms with Crippen molar-refractivity contribution in [2.45, 2.75) is 6.42 Å². The average molecular weight is 227 g/mol. The maximum absolute atomic E-state index is 8.79. The van der Waals surface area contributed by atoms with E-state index in [1.165, 1.54) is 22.6 Å². The highest BCUT2D eigenvalue weighted by Crippen LogP contribution is 2.35. The van der Waals surface area contributed by atoms with E-state index >= 15 is 0 Å². The van der Waals surface area contributed by atoms with E-state index in [0.717, 1.165) is 18.1 Å². The Morgan fingerprint density at radius 2 is 2.25 bits per heavy atom. The van der Waals surface area contributed by atoms with Gasteiger partial charge >= 0.3 is 0 Å². The second kappa shape index (κ2) is 3.62. The van der Waals surface area contributed by atoms with Crippen molar-refractivity contribution in [3.05, 3.63) is 40.9 Å². The van der Waals surface area contributed by atoms with Crippen molar-refractivity contribution in [2.75, 3.05) is 11.4 Å². The van der Waals surface area contributed by atoms with Gasteiger partial charge in [0.05, 0.1) is 6.20 Å². The van der Waals surface area contributed by atoms with E-state index in [4.69, 9.17) is 5.26 Å². The van der Waals surface area contributed by atoms with Crippen LogP contribution in [0.25, 0.3) is 0 Å². The van der Waals surface area contributed by atoms with E-state index in [1.54, 1.807) is 6.20 Å². The molecule has 1 aliphatic heterocycles. The van der Waals surface area contributed by atoms with Gasteiger partial charge in [0.25, 0.3) is 0 Å². The zero-order valence-electron chi connectivity index (χ0n) is 8.55. The van der Waals surface area contributed by atoms with Gasteiger partial charge in [-0.25, -0.2) is 4.98 Å². The number of aromatic nitrogens is 1. The number of hydrogen-bond acceptors (Lipinski definition) is 4. The summed E-state index contributed by atoms with van der Waals surface area (Å²) in [5.41, 5.74) is 2.58. The van der Waals surface area contributed by atoms with Crippen molar-refractivity contribution < 1.29 is 0 Å². The maximum Gasteiger partial charge on any atom is 0.191 e. The van der Waals surface area contributed by atoms with Crippen LogP contribution in [0.2, 0.25) is 0 Å². The van der Waals surface area contributed by atoms with Gasteiger partial charge in [-0.3, -0.25) is 0 Å². The third kappa shape index (κ3) is 1.37. The lowest BCUT2D eigenvalue weighted by atomic mass is 10.2. The highest BCUT2D eigenvalue weighted by Gasteiger charge is 2.21. The molecule has 2 aromatic rings. The van der Waals surface area contributed by atoms with Gasteiger partial charge in [-0.05, 0) is 18.1 Å². The van der Waals surface area contributed by atoms with Crippen LogP contribution in [0.1, 0.15) is 10.4 Å². The largest absolute Gasteiger partial charge is 0.317 e. The molecule has 16 heavy (non-hydrogen) atoms. The molecule has 0 N–H and O–H groups in total. The van der Waals surface area contributed by atoms with E-state index in [-0.39, 0.29) is 0 Å². The topological polar surface area (TPSA) is 39.9 Å². The lowest BCUT2D eigenvalue weighted by Crippen LogP contribution is -2.12. The molecule has 3 rings (SSSR count). The van der Waals surface area contributed by atoms with Gasteiger partial charge < -0.3 is 4.90 Å². The molecule has 2 heterocycles. The number of nitriles is 1. The summed E-state index contributed by atoms with van der Waals surface area (Å²) in [6.07, 6.45) is 2.69. The predicted octanol–water partition coefficient (Wildman–Crippen LogP) is 2.71. The van der Waals surface area contributed by atoms with Crippen LogP contribution in [-0.4, -0.2) is 11.5 Å². The van der Waals surface area contributed by atoms with E-state index in [2.05, 4.69) is 34.2 Å². The summed E-state index contributed by atoms with van der Waals surface area (Å²) in [4.78, 5) is 7.14. The van der Waals surface area contributed by atoms with Crippen LogP contribution in [0.15, 0.2) is 30.5 Å². The summed E-state index contributed by atoms with van der Waals surface area (Å²) >= 11 is 1.45. The molecule has 0 bridgehead atoms. The highest BCUT2D eigenvalue weighted by molar-refractivity contribution is 7.16. The first-order valence-corrected chi connectivity index (χ1v) is 5.91. The molecule has 1 aliphatic rings. The number of fused-ring (bicyclic) bond motifs is 1. The molecule has 4 heteroatoms. The Morgan fingerprint density at radius 3 is 3.06 bits per heavy atom. The molecule has 0 saturated carbocycles. The molecule has 0 radical (unpaired) electrons. The summed E-state index contributed by atoms with van der Waals surface area (Å²) < 4.78 is 0. The third-order valence-electron chi connectivity index (χ3n) is 2.72. The Hall–Kier alpha value is -1.86. The monoisotopic (exact) mass is 227 g/mol. The SMILES string of the molecule is N#Cc1cnc(N2CCc3ccccc32)s1. The minimum atomic E-state index is 0.666. The Balaban J connectivity index is 2.02. The van der Waals surface area contributed by atoms with Gasteiger partial charge in [-0.15, -0.1) is 0 Å². The number of nitrogens with zero attached hydrogens (tertiary/aromatic N) is 3. The van der Waals surface area contributed by atoms with Crippen LogP contribution in [0.4, 0.5) is 10.8 Å². The quantitative estimate of drug-likeness (QED) is 0.752. The van der Waals surface area contributed by atoms with Gasteiger partial charge in [-0.2, -0.15) is 5.26 Å². The maximum atomic E-state index is 8.79. The van der Waals surface area contributed by atoms with Crippen molar-refractivity contribution >= 4 is 22.2 Å². The number of rotatable bonds is 1. The van der Waals surface area contributed by atoms with Crippen LogP contribution >= 0.6 is 11.3 Å². The zero-order chi connectivity index (χ0) is 11.0. The number of hydrogen-bond donors (Lipinski definition) is 0. The molecular formula is C12H9N3S. The molecule has 78 valence electrons. The lowest BCUT2D eigenvalue weighted by molar-refractivity contribution is 0.990. The van der Waals surface area contributed by atoms with Gasteiger partial charge in [-0.1, -0.05) is 29.5 Å². The Labute approximate surface area is 97.6 Å². The number of para-hydroxylation sites is 1. The molecular weight excluding hydrogens is 218 g/mol. The molecule has 3 nitrogen and oxygen atoms in total. The van der Waals surface area contributed by atoms with Crippen molar-refractivity contribution in [3.63, 3.8) is 0 Å². The Morgan fingerprint density at radius 1 is 1.38 bits per heavy atom. The summed E-state index contributed by atoms with van der Waals surface area (Å²) in [5.74, 6) is 0. The molecule has 1 aromatic heterocycles. The predicted molar refractivity (Wildman–Crippen MR) is 64.0 cm³/mol. The van der Waals surface area contributed by atoms with Crippen LogP contribution in [0.5, 0.6) is 0 Å². The van der Waals surface area contributed by atoms with E-state index < -0.39 is 0 Å². The fourth-order valence-electron chi connectivity index (χ4n) is 1.98. The first-order chi connectivity index (χ1) is 7.88. The molecule has 0 saturated heterocycles. The molecule has 0 aliphatic carbocycles. The van der Waals surface area contributed by atoms with E-state index in [9.17, 15) is 0 Å². The molecule has 0 fully saturated rings. The fraction of sp³-hybridized carbons (Fsp3) is 0.167. The number of thiazole rings is 1. The minimum Gasteiger partial charge on any atom is -0.317 e. The van der Waals surface area contributed by atoms with Crippen molar-refractivity contribution in [3.8, 4) is 6.07 Å². The second-order valence-corrected chi connectivity index (χ2v) is 4.66. The van der Waals surface area contributed by atoms with Crippen LogP contribution in [-0.2, 0) is 6.42 Å². The van der Waals surface area contributed by atoms with Gasteiger partial charge in [0.15, 0.2) is 5.13 Å². The van der Waals surface area contributed by atoms with Crippen LogP contribution in [0.3, 0.4) is 0 Å². The Kier molecular flexibility index (Phi) is 2.12. The molecule has 0 spiro atoms. The third-order valence-corrected chi connectivity index (χ3v) is 3.65. The minimum absolute atomic E-state index is 0.666. The summed E-state index contributed by atoms with van der Waals surface area (Å²) in [5, 5.41) is 9.71. The van der Waals surface area contributed by atoms with E-state index in [1.807, 2.05) is 6.07 Å². The molecule has 0 unspecified atom stereocenters. The Bertz CT molecular complexity index is 568. The summed E-state index contributed by atoms with van der Waals surface area (Å²) in [6, 6.07) is 10.5. The van der Waals surface area contributed by atoms with Gasteiger partial charge in [0.1, 0.15) is 10.9 Å². The highest BCUT2D eigenvalue weighted by atomic mass is 32.1. The number of anilines is 2. The summed E-state index contributed by atoms with van der Waals surface area (Å²) in [7, 11) is 0. The van der Waals surface area contributed by atoms with Crippen molar-refractivity contribution in [2.24, 2.45) is 0 Å². The fourth-order valence-corrected chi connectivity index (χ4v) is 2.73. The smallest absolute Gasteiger partial charge is 0.191 e. The first kappa shape index (κ1) is 9.37. The normalized spacial score (nSPS) is 13.6. The zero-order valence-corrected chi connectivity index (χ0v) is 9.37. The van der Waals surface area contributed by atoms with Crippen LogP contribution in [0, 0.1) is 11.3 Å². The first-order valence-electron chi connectivity index (χ1n) is 5.10. The van der Waals surface area contributed by atoms with Crippen LogP contribution < -0.4 is 4.90 Å². The second-order valence-electron chi connectivity index (χ2n) is 3.65. The standard InChI is InChI=1S/C12H9N3S/c13-7-10-8-14-12(16-10)15-6-5-9-3-1-2-4-11(9)15/h1-4,8H,5-6H2. The molecule has 0 amide bonds. The number of benzene rings is 1. The van der Waals surface area contributed by atoms with E-state index in [0.29, 0.717) is 4.88 Å². The van der Waals surface area contributed by atoms with Gasteiger partial charge in [0, 0.05) is 12.2 Å². The van der Waals surface area contributed by atoms with Crippen molar-refractivity contribution in [1.29, 1.82) is 5.26 Å². The lowest BCUT2D eigenvalue weighted by Gasteiger charge is -2.14.